The third kappa shape index (κ3) is 3.34. The Hall–Kier alpha value is -2.32. The van der Waals surface area contributed by atoms with E-state index in [9.17, 15) is 4.79 Å². The van der Waals surface area contributed by atoms with E-state index in [4.69, 9.17) is 10.00 Å². The zero-order valence-corrected chi connectivity index (χ0v) is 15.9. The lowest BCUT2D eigenvalue weighted by Crippen LogP contribution is -2.30. The number of nitriles is 1. The Bertz CT molecular complexity index is 848. The molecular weight excluding hydrogens is 392 g/mol. The molecule has 2 aliphatic rings. The van der Waals surface area contributed by atoms with Crippen molar-refractivity contribution in [2.45, 2.75) is 18.9 Å². The molecule has 0 aromatic heterocycles. The Morgan fingerprint density at radius 3 is 2.42 bits per heavy atom. The summed E-state index contributed by atoms with van der Waals surface area (Å²) in [6.07, 6.45) is 2.13. The molecule has 2 atom stereocenters. The molecule has 132 valence electrons. The van der Waals surface area contributed by atoms with E-state index in [1.54, 1.807) is 6.07 Å². The van der Waals surface area contributed by atoms with Gasteiger partial charge in [0.2, 0.25) is 0 Å². The summed E-state index contributed by atoms with van der Waals surface area (Å²) in [6, 6.07) is 17.1. The van der Waals surface area contributed by atoms with Gasteiger partial charge in [-0.3, -0.25) is 4.79 Å². The van der Waals surface area contributed by atoms with Crippen molar-refractivity contribution in [3.8, 4) is 11.8 Å². The molecule has 1 aliphatic carbocycles. The van der Waals surface area contributed by atoms with Gasteiger partial charge in [-0.05, 0) is 70.9 Å². The first-order valence-electron chi connectivity index (χ1n) is 8.84. The van der Waals surface area contributed by atoms with Crippen molar-refractivity contribution < 1.29 is 9.53 Å². The third-order valence-corrected chi connectivity index (χ3v) is 6.04. The summed E-state index contributed by atoms with van der Waals surface area (Å²) in [5.74, 6) is 1.94. The summed E-state index contributed by atoms with van der Waals surface area (Å²) >= 11 is 3.40. The molecule has 1 heterocycles. The fourth-order valence-corrected chi connectivity index (χ4v) is 4.57. The number of hydrogen-bond acceptors (Lipinski definition) is 3. The lowest BCUT2D eigenvalue weighted by atomic mass is 10.0. The molecular formula is C21H19BrN2O2. The molecule has 2 unspecified atom stereocenters. The summed E-state index contributed by atoms with van der Waals surface area (Å²) in [5, 5.41) is 9.00. The van der Waals surface area contributed by atoms with E-state index >= 15 is 0 Å². The summed E-state index contributed by atoms with van der Waals surface area (Å²) < 4.78 is 6.89. The minimum atomic E-state index is 0.133. The van der Waals surface area contributed by atoms with Crippen molar-refractivity contribution in [2.75, 3.05) is 13.1 Å². The fraction of sp³-hybridized carbons (Fsp3) is 0.333. The van der Waals surface area contributed by atoms with Crippen LogP contribution in [-0.4, -0.2) is 30.0 Å². The van der Waals surface area contributed by atoms with E-state index < -0.39 is 0 Å². The number of carbonyl (C=O) groups is 1. The number of fused-ring (bicyclic) bond motifs is 1. The predicted molar refractivity (Wildman–Crippen MR) is 102 cm³/mol. The van der Waals surface area contributed by atoms with Crippen LogP contribution in [0, 0.1) is 23.2 Å². The average molecular weight is 411 g/mol. The molecule has 5 heteroatoms. The second-order valence-electron chi connectivity index (χ2n) is 7.06. The van der Waals surface area contributed by atoms with Gasteiger partial charge in [-0.2, -0.15) is 5.26 Å². The smallest absolute Gasteiger partial charge is 0.253 e. The largest absolute Gasteiger partial charge is 0.490 e. The Kier molecular flexibility index (Phi) is 4.69. The number of halogens is 1. The average Bonchev–Trinajstić information content (AvgIpc) is 3.20. The van der Waals surface area contributed by atoms with Crippen LogP contribution < -0.4 is 4.74 Å². The zero-order valence-electron chi connectivity index (χ0n) is 14.3. The number of likely N-dealkylation sites (tertiary alicyclic amines) is 1. The van der Waals surface area contributed by atoms with Gasteiger partial charge in [-0.25, -0.2) is 0 Å². The van der Waals surface area contributed by atoms with Crippen molar-refractivity contribution >= 4 is 21.8 Å². The Morgan fingerprint density at radius 2 is 1.81 bits per heavy atom. The molecule has 1 aliphatic heterocycles. The van der Waals surface area contributed by atoms with Crippen LogP contribution in [0.1, 0.15) is 28.8 Å². The van der Waals surface area contributed by atoms with E-state index in [0.717, 1.165) is 41.7 Å². The van der Waals surface area contributed by atoms with Crippen molar-refractivity contribution in [3.63, 3.8) is 0 Å². The highest BCUT2D eigenvalue weighted by Crippen LogP contribution is 2.40. The van der Waals surface area contributed by atoms with E-state index in [-0.39, 0.29) is 12.0 Å². The zero-order chi connectivity index (χ0) is 18.1. The van der Waals surface area contributed by atoms with Crippen LogP contribution in [-0.2, 0) is 0 Å². The maximum atomic E-state index is 12.6. The molecule has 2 fully saturated rings. The number of amides is 1. The van der Waals surface area contributed by atoms with Gasteiger partial charge in [-0.15, -0.1) is 0 Å². The Balaban J connectivity index is 1.36. The minimum Gasteiger partial charge on any atom is -0.490 e. The summed E-state index contributed by atoms with van der Waals surface area (Å²) in [5.41, 5.74) is 1.37. The van der Waals surface area contributed by atoms with Crippen LogP contribution in [0.3, 0.4) is 0 Å². The summed E-state index contributed by atoms with van der Waals surface area (Å²) in [6.45, 7) is 1.63. The molecule has 0 N–H and O–H groups in total. The second-order valence-corrected chi connectivity index (χ2v) is 7.92. The predicted octanol–water partition coefficient (Wildman–Crippen LogP) is 4.25. The van der Waals surface area contributed by atoms with Gasteiger partial charge in [0.15, 0.2) is 0 Å². The third-order valence-electron chi connectivity index (χ3n) is 5.38. The normalized spacial score (nSPS) is 24.2. The summed E-state index contributed by atoms with van der Waals surface area (Å²) in [7, 11) is 0. The minimum absolute atomic E-state index is 0.133. The van der Waals surface area contributed by atoms with Gasteiger partial charge in [-0.1, -0.05) is 18.2 Å². The van der Waals surface area contributed by atoms with E-state index in [1.807, 2.05) is 47.4 Å². The standard InChI is InChI=1S/C21H19BrN2O2/c22-20-10-18(7-6-15(20)11-23)26-19-8-16-12-24(13-17(16)9-19)21(25)14-4-2-1-3-5-14/h1-7,10,16-17,19H,8-9,12-13H2. The fourth-order valence-electron chi connectivity index (χ4n) is 4.12. The maximum absolute atomic E-state index is 12.6. The van der Waals surface area contributed by atoms with Crippen LogP contribution in [0.25, 0.3) is 0 Å². The van der Waals surface area contributed by atoms with Crippen LogP contribution in [0.4, 0.5) is 0 Å². The number of nitrogens with zero attached hydrogens (tertiary/aromatic N) is 2. The molecule has 0 bridgehead atoms. The highest BCUT2D eigenvalue weighted by molar-refractivity contribution is 9.10. The van der Waals surface area contributed by atoms with Crippen LogP contribution in [0.2, 0.25) is 0 Å². The van der Waals surface area contributed by atoms with Crippen LogP contribution >= 0.6 is 15.9 Å². The topological polar surface area (TPSA) is 53.3 Å². The number of ether oxygens (including phenoxy) is 1. The molecule has 1 saturated carbocycles. The summed E-state index contributed by atoms with van der Waals surface area (Å²) in [4.78, 5) is 14.6. The lowest BCUT2D eigenvalue weighted by molar-refractivity contribution is 0.0770. The Morgan fingerprint density at radius 1 is 1.12 bits per heavy atom. The molecule has 4 nitrogen and oxygen atoms in total. The number of benzene rings is 2. The van der Waals surface area contributed by atoms with Gasteiger partial charge in [0.1, 0.15) is 11.8 Å². The van der Waals surface area contributed by atoms with Crippen molar-refractivity contribution in [1.29, 1.82) is 5.26 Å². The Labute approximate surface area is 161 Å². The van der Waals surface area contributed by atoms with Gasteiger partial charge in [0.25, 0.3) is 5.91 Å². The second kappa shape index (κ2) is 7.13. The molecule has 4 rings (SSSR count). The van der Waals surface area contributed by atoms with Crippen LogP contribution in [0.15, 0.2) is 53.0 Å². The monoisotopic (exact) mass is 410 g/mol. The molecule has 1 amide bonds. The first-order valence-corrected chi connectivity index (χ1v) is 9.64. The van der Waals surface area contributed by atoms with E-state index in [2.05, 4.69) is 22.0 Å². The van der Waals surface area contributed by atoms with E-state index in [1.165, 1.54) is 0 Å². The number of hydrogen-bond donors (Lipinski definition) is 0. The molecule has 26 heavy (non-hydrogen) atoms. The molecule has 2 aromatic rings. The molecule has 0 spiro atoms. The van der Waals surface area contributed by atoms with E-state index in [0.29, 0.717) is 17.4 Å². The van der Waals surface area contributed by atoms with Crippen molar-refractivity contribution in [2.24, 2.45) is 11.8 Å². The highest BCUT2D eigenvalue weighted by atomic mass is 79.9. The lowest BCUT2D eigenvalue weighted by Gasteiger charge is -2.20. The molecule has 1 saturated heterocycles. The van der Waals surface area contributed by atoms with Gasteiger partial charge in [0.05, 0.1) is 11.7 Å². The number of rotatable bonds is 3. The first kappa shape index (κ1) is 17.1. The highest BCUT2D eigenvalue weighted by Gasteiger charge is 2.43. The van der Waals surface area contributed by atoms with Crippen LogP contribution in [0.5, 0.6) is 5.75 Å². The van der Waals surface area contributed by atoms with Gasteiger partial charge < -0.3 is 9.64 Å². The quantitative estimate of drug-likeness (QED) is 0.759. The first-order chi connectivity index (χ1) is 12.6. The van der Waals surface area contributed by atoms with Gasteiger partial charge >= 0.3 is 0 Å². The SMILES string of the molecule is N#Cc1ccc(OC2CC3CN(C(=O)c4ccccc4)CC3C2)cc1Br. The van der Waals surface area contributed by atoms with Gasteiger partial charge in [0, 0.05) is 23.1 Å². The van der Waals surface area contributed by atoms with Crippen molar-refractivity contribution in [1.82, 2.24) is 4.90 Å². The number of carbonyl (C=O) groups excluding carboxylic acids is 1. The maximum Gasteiger partial charge on any atom is 0.253 e. The molecule has 0 radical (unpaired) electrons. The van der Waals surface area contributed by atoms with Crippen molar-refractivity contribution in [3.05, 3.63) is 64.1 Å². The molecule has 2 aromatic carbocycles.